The van der Waals surface area contributed by atoms with E-state index in [1.807, 2.05) is 20.8 Å². The van der Waals surface area contributed by atoms with Crippen LogP contribution >= 0.6 is 0 Å². The van der Waals surface area contributed by atoms with Crippen LogP contribution in [0.15, 0.2) is 0 Å². The zero-order valence-electron chi connectivity index (χ0n) is 13.1. The Hall–Kier alpha value is -1.30. The molecule has 2 unspecified atom stereocenters. The van der Waals surface area contributed by atoms with E-state index in [4.69, 9.17) is 9.47 Å². The second kappa shape index (κ2) is 5.83. The third-order valence-corrected chi connectivity index (χ3v) is 4.19. The van der Waals surface area contributed by atoms with Crippen molar-refractivity contribution in [3.05, 3.63) is 0 Å². The normalized spacial score (nSPS) is 30.2. The molecule has 21 heavy (non-hydrogen) atoms. The highest BCUT2D eigenvalue weighted by Gasteiger charge is 2.48. The highest BCUT2D eigenvalue weighted by Crippen LogP contribution is 2.39. The summed E-state index contributed by atoms with van der Waals surface area (Å²) in [6, 6.07) is 0. The van der Waals surface area contributed by atoms with E-state index in [1.54, 1.807) is 4.90 Å². The first kappa shape index (κ1) is 16.1. The van der Waals surface area contributed by atoms with Gasteiger partial charge in [-0.25, -0.2) is 9.59 Å². The third kappa shape index (κ3) is 3.67. The molecule has 120 valence electrons. The molecule has 0 saturated carbocycles. The lowest BCUT2D eigenvalue weighted by Gasteiger charge is -2.50. The average Bonchev–Trinajstić information content (AvgIpc) is 2.37. The van der Waals surface area contributed by atoms with Gasteiger partial charge in [-0.3, -0.25) is 0 Å². The van der Waals surface area contributed by atoms with Gasteiger partial charge in [0.1, 0.15) is 5.60 Å². The highest BCUT2D eigenvalue weighted by atomic mass is 16.6. The first-order chi connectivity index (χ1) is 9.73. The van der Waals surface area contributed by atoms with Crippen molar-refractivity contribution in [1.29, 1.82) is 0 Å². The Morgan fingerprint density at radius 2 is 2.00 bits per heavy atom. The van der Waals surface area contributed by atoms with E-state index < -0.39 is 23.2 Å². The summed E-state index contributed by atoms with van der Waals surface area (Å²) in [5.74, 6) is -0.955. The molecule has 2 fully saturated rings. The summed E-state index contributed by atoms with van der Waals surface area (Å²) in [6.45, 7) is 6.51. The van der Waals surface area contributed by atoms with Crippen molar-refractivity contribution < 1.29 is 24.2 Å². The van der Waals surface area contributed by atoms with Gasteiger partial charge in [0.05, 0.1) is 5.54 Å². The molecule has 2 rings (SSSR count). The fourth-order valence-electron chi connectivity index (χ4n) is 3.23. The number of carboxylic acids is 1. The van der Waals surface area contributed by atoms with E-state index >= 15 is 0 Å². The smallest absolute Gasteiger partial charge is 0.410 e. The lowest BCUT2D eigenvalue weighted by Crippen LogP contribution is -2.60. The number of ether oxygens (including phenoxy) is 2. The molecular weight excluding hydrogens is 274 g/mol. The van der Waals surface area contributed by atoms with E-state index in [1.165, 1.54) is 0 Å². The molecule has 0 bridgehead atoms. The molecule has 2 heterocycles. The van der Waals surface area contributed by atoms with Crippen LogP contribution in [0.5, 0.6) is 0 Å². The van der Waals surface area contributed by atoms with E-state index in [0.717, 1.165) is 19.3 Å². The van der Waals surface area contributed by atoms with Crippen molar-refractivity contribution in [1.82, 2.24) is 4.90 Å². The number of aliphatic carboxylic acids is 1. The van der Waals surface area contributed by atoms with Crippen LogP contribution in [0, 0.1) is 0 Å². The van der Waals surface area contributed by atoms with Crippen molar-refractivity contribution in [3.8, 4) is 0 Å². The molecule has 0 aromatic carbocycles. The van der Waals surface area contributed by atoms with Crippen molar-refractivity contribution in [2.75, 3.05) is 13.2 Å². The molecular formula is C15H25NO5. The van der Waals surface area contributed by atoms with Gasteiger partial charge in [0.2, 0.25) is 0 Å². The second-order valence-electron chi connectivity index (χ2n) is 6.97. The minimum absolute atomic E-state index is 0.340. The van der Waals surface area contributed by atoms with Gasteiger partial charge >= 0.3 is 12.1 Å². The van der Waals surface area contributed by atoms with E-state index in [9.17, 15) is 14.7 Å². The number of carbonyl (C=O) groups is 2. The lowest BCUT2D eigenvalue weighted by atomic mass is 9.78. The number of carbonyl (C=O) groups excluding carboxylic acids is 1. The molecule has 2 aliphatic rings. The maximum absolute atomic E-state index is 12.5. The first-order valence-electron chi connectivity index (χ1n) is 7.59. The Balaban J connectivity index is 2.17. The van der Waals surface area contributed by atoms with E-state index in [2.05, 4.69) is 0 Å². The Bertz CT molecular complexity index is 413. The number of rotatable bonds is 1. The van der Waals surface area contributed by atoms with E-state index in [0.29, 0.717) is 26.0 Å². The van der Waals surface area contributed by atoms with Gasteiger partial charge in [-0.05, 0) is 46.5 Å². The van der Waals surface area contributed by atoms with Crippen molar-refractivity contribution >= 4 is 12.1 Å². The number of nitrogens with zero attached hydrogens (tertiary/aromatic N) is 1. The van der Waals surface area contributed by atoms with Crippen molar-refractivity contribution in [2.24, 2.45) is 0 Å². The van der Waals surface area contributed by atoms with Gasteiger partial charge in [-0.1, -0.05) is 0 Å². The molecule has 2 atom stereocenters. The summed E-state index contributed by atoms with van der Waals surface area (Å²) >= 11 is 0. The molecule has 0 aliphatic carbocycles. The molecule has 1 amide bonds. The zero-order chi connectivity index (χ0) is 15.7. The Labute approximate surface area is 125 Å². The minimum Gasteiger partial charge on any atom is -0.479 e. The summed E-state index contributed by atoms with van der Waals surface area (Å²) < 4.78 is 10.8. The monoisotopic (exact) mass is 299 g/mol. The molecule has 1 spiro atoms. The summed E-state index contributed by atoms with van der Waals surface area (Å²) in [5, 5.41) is 9.20. The number of carboxylic acid groups (broad SMARTS) is 1. The van der Waals surface area contributed by atoms with Gasteiger partial charge in [-0.15, -0.1) is 0 Å². The highest BCUT2D eigenvalue weighted by molar-refractivity contribution is 5.73. The fraction of sp³-hybridized carbons (Fsp3) is 0.867. The summed E-state index contributed by atoms with van der Waals surface area (Å²) in [7, 11) is 0. The van der Waals surface area contributed by atoms with Crippen LogP contribution < -0.4 is 0 Å². The maximum atomic E-state index is 12.5. The number of hydrogen-bond donors (Lipinski definition) is 1. The van der Waals surface area contributed by atoms with Gasteiger partial charge in [0.25, 0.3) is 0 Å². The predicted octanol–water partition coefficient (Wildman–Crippen LogP) is 2.41. The quantitative estimate of drug-likeness (QED) is 0.804. The molecule has 2 aliphatic heterocycles. The molecule has 0 aromatic heterocycles. The molecule has 6 nitrogen and oxygen atoms in total. The Kier molecular flexibility index (Phi) is 4.46. The molecule has 2 saturated heterocycles. The Morgan fingerprint density at radius 1 is 1.29 bits per heavy atom. The average molecular weight is 299 g/mol. The number of amides is 1. The van der Waals surface area contributed by atoms with E-state index in [-0.39, 0.29) is 6.09 Å². The molecule has 0 radical (unpaired) electrons. The van der Waals surface area contributed by atoms with Gasteiger partial charge < -0.3 is 19.5 Å². The number of piperidine rings is 1. The second-order valence-corrected chi connectivity index (χ2v) is 6.97. The largest absolute Gasteiger partial charge is 0.479 e. The summed E-state index contributed by atoms with van der Waals surface area (Å²) in [4.78, 5) is 25.5. The summed E-state index contributed by atoms with van der Waals surface area (Å²) in [6.07, 6.45) is 2.61. The van der Waals surface area contributed by atoms with Gasteiger partial charge in [0.15, 0.2) is 6.10 Å². The SMILES string of the molecule is CC(C)(C)OC(=O)N1CCCCC12CCOC(C(=O)O)C2. The minimum atomic E-state index is -0.955. The number of hydrogen-bond acceptors (Lipinski definition) is 4. The lowest BCUT2D eigenvalue weighted by molar-refractivity contribution is -0.161. The van der Waals surface area contributed by atoms with Crippen LogP contribution in [0.1, 0.15) is 52.9 Å². The molecule has 1 N–H and O–H groups in total. The van der Waals surface area contributed by atoms with Crippen LogP contribution in [0.25, 0.3) is 0 Å². The molecule has 6 heteroatoms. The van der Waals surface area contributed by atoms with Gasteiger partial charge in [-0.2, -0.15) is 0 Å². The fourth-order valence-corrected chi connectivity index (χ4v) is 3.23. The van der Waals surface area contributed by atoms with Crippen molar-refractivity contribution in [2.45, 2.75) is 70.1 Å². The predicted molar refractivity (Wildman–Crippen MR) is 76.1 cm³/mol. The number of likely N-dealkylation sites (tertiary alicyclic amines) is 1. The maximum Gasteiger partial charge on any atom is 0.410 e. The van der Waals surface area contributed by atoms with Crippen LogP contribution in [0.2, 0.25) is 0 Å². The Morgan fingerprint density at radius 3 is 2.62 bits per heavy atom. The van der Waals surface area contributed by atoms with Crippen LogP contribution in [0.4, 0.5) is 4.79 Å². The topological polar surface area (TPSA) is 76.1 Å². The van der Waals surface area contributed by atoms with Crippen molar-refractivity contribution in [3.63, 3.8) is 0 Å². The zero-order valence-corrected chi connectivity index (χ0v) is 13.1. The summed E-state index contributed by atoms with van der Waals surface area (Å²) in [5.41, 5.74) is -0.977. The third-order valence-electron chi connectivity index (χ3n) is 4.19. The van der Waals surface area contributed by atoms with Crippen LogP contribution in [0.3, 0.4) is 0 Å². The van der Waals surface area contributed by atoms with Crippen LogP contribution in [-0.2, 0) is 14.3 Å². The van der Waals surface area contributed by atoms with Gasteiger partial charge in [0, 0.05) is 19.6 Å². The van der Waals surface area contributed by atoms with Crippen LogP contribution in [-0.4, -0.2) is 52.5 Å². The standard InChI is InChI=1S/C15H25NO5/c1-14(2,3)21-13(19)16-8-5-4-6-15(16)7-9-20-11(10-15)12(17)18/h11H,4-10H2,1-3H3,(H,17,18). The molecule has 0 aromatic rings. The first-order valence-corrected chi connectivity index (χ1v) is 7.59.